The van der Waals surface area contributed by atoms with Gasteiger partial charge in [-0.25, -0.2) is 0 Å². The molecule has 3 unspecified atom stereocenters. The number of nitrogens with zero attached hydrogens (tertiary/aromatic N) is 1. The minimum Gasteiger partial charge on any atom is -0.368 e. The highest BCUT2D eigenvalue weighted by molar-refractivity contribution is 6.16. The van der Waals surface area contributed by atoms with Crippen LogP contribution in [0.1, 0.15) is 18.4 Å². The lowest BCUT2D eigenvalue weighted by atomic mass is 9.69. The third kappa shape index (κ3) is 3.72. The summed E-state index contributed by atoms with van der Waals surface area (Å²) in [5.74, 6) is 0.514. The molecule has 4 aromatic carbocycles. The van der Waals surface area contributed by atoms with Crippen molar-refractivity contribution in [3.8, 4) is 11.1 Å². The average molecular weight is 542 g/mol. The zero-order valence-corrected chi connectivity index (χ0v) is 23.4. The lowest BCUT2D eigenvalue weighted by molar-refractivity contribution is 0.0528. The van der Waals surface area contributed by atoms with Crippen molar-refractivity contribution >= 4 is 27.3 Å². The molecule has 9 rings (SSSR count). The molecule has 2 aliphatic heterocycles. The summed E-state index contributed by atoms with van der Waals surface area (Å²) >= 11 is 0. The Morgan fingerprint density at radius 2 is 1.52 bits per heavy atom. The molecule has 2 nitrogen and oxygen atoms in total. The summed E-state index contributed by atoms with van der Waals surface area (Å²) in [4.78, 5) is 5.39. The Hall–Kier alpha value is -4.53. The normalized spacial score (nSPS) is 25.8. The van der Waals surface area contributed by atoms with Gasteiger partial charge in [0.25, 0.3) is 0 Å². The Balaban J connectivity index is 1.16. The minimum absolute atomic E-state index is 0.0533. The third-order valence-corrected chi connectivity index (χ3v) is 9.74. The third-order valence-electron chi connectivity index (χ3n) is 9.74. The molecule has 42 heavy (non-hydrogen) atoms. The molecule has 0 N–H and O–H groups in total. The van der Waals surface area contributed by atoms with Crippen LogP contribution in [0.15, 0.2) is 155 Å². The molecule has 0 spiro atoms. The summed E-state index contributed by atoms with van der Waals surface area (Å²) in [6, 6.07) is 29.0. The van der Waals surface area contributed by atoms with Crippen molar-refractivity contribution in [3.05, 3.63) is 155 Å². The first-order valence-electron chi connectivity index (χ1n) is 15.2. The van der Waals surface area contributed by atoms with Gasteiger partial charge in [-0.1, -0.05) is 115 Å². The number of ether oxygens (including phenoxy) is 1. The number of rotatable bonds is 2. The van der Waals surface area contributed by atoms with Crippen LogP contribution < -0.4 is 0 Å². The molecule has 0 saturated heterocycles. The summed E-state index contributed by atoms with van der Waals surface area (Å²) < 4.78 is 6.71. The van der Waals surface area contributed by atoms with Crippen molar-refractivity contribution < 1.29 is 4.74 Å². The second kappa shape index (κ2) is 9.51. The Kier molecular flexibility index (Phi) is 5.46. The number of fused-ring (bicyclic) bond motifs is 8. The van der Waals surface area contributed by atoms with Gasteiger partial charge in [0.05, 0.1) is 24.5 Å². The van der Waals surface area contributed by atoms with Crippen molar-refractivity contribution in [2.75, 3.05) is 6.61 Å². The van der Waals surface area contributed by atoms with E-state index in [1.165, 1.54) is 55.0 Å². The fourth-order valence-electron chi connectivity index (χ4n) is 7.69. The second-order valence-corrected chi connectivity index (χ2v) is 12.1. The predicted molar refractivity (Wildman–Crippen MR) is 174 cm³/mol. The molecule has 0 radical (unpaired) electrons. The highest BCUT2D eigenvalue weighted by Crippen LogP contribution is 2.46. The van der Waals surface area contributed by atoms with E-state index < -0.39 is 0 Å². The summed E-state index contributed by atoms with van der Waals surface area (Å²) in [6.45, 7) is 0.737. The molecular formula is C40H31NO. The van der Waals surface area contributed by atoms with E-state index in [2.05, 4.69) is 127 Å². The first-order chi connectivity index (χ1) is 20.8. The van der Waals surface area contributed by atoms with E-state index in [1.807, 2.05) is 0 Å². The molecular weight excluding hydrogens is 510 g/mol. The van der Waals surface area contributed by atoms with Gasteiger partial charge in [0.15, 0.2) is 0 Å². The maximum atomic E-state index is 6.71. The molecule has 0 saturated carbocycles. The molecule has 3 aliphatic carbocycles. The highest BCUT2D eigenvalue weighted by atomic mass is 16.5. The van der Waals surface area contributed by atoms with Crippen LogP contribution in [-0.4, -0.2) is 24.5 Å². The number of allylic oxidation sites excluding steroid dienone is 6. The van der Waals surface area contributed by atoms with Gasteiger partial charge in [0.2, 0.25) is 0 Å². The summed E-state index contributed by atoms with van der Waals surface area (Å²) in [7, 11) is 0. The lowest BCUT2D eigenvalue weighted by Gasteiger charge is -2.43. The van der Waals surface area contributed by atoms with Gasteiger partial charge >= 0.3 is 0 Å². The van der Waals surface area contributed by atoms with Crippen molar-refractivity contribution in [2.24, 2.45) is 16.8 Å². The van der Waals surface area contributed by atoms with Gasteiger partial charge in [0.1, 0.15) is 0 Å². The van der Waals surface area contributed by atoms with Gasteiger partial charge in [-0.2, -0.15) is 0 Å². The van der Waals surface area contributed by atoms with E-state index in [4.69, 9.17) is 9.73 Å². The van der Waals surface area contributed by atoms with Gasteiger partial charge in [-0.15, -0.1) is 0 Å². The summed E-state index contributed by atoms with van der Waals surface area (Å²) in [5, 5.41) is 5.13. The van der Waals surface area contributed by atoms with Crippen LogP contribution in [-0.2, 0) is 4.74 Å². The number of hydrogen-bond acceptors (Lipinski definition) is 2. The number of dihydropyridines is 1. The molecule has 202 valence electrons. The predicted octanol–water partition coefficient (Wildman–Crippen LogP) is 9.10. The second-order valence-electron chi connectivity index (χ2n) is 12.1. The van der Waals surface area contributed by atoms with E-state index in [1.54, 1.807) is 0 Å². The van der Waals surface area contributed by atoms with Gasteiger partial charge in [-0.3, -0.25) is 4.99 Å². The molecule has 0 bridgehead atoms. The molecule has 0 amide bonds. The van der Waals surface area contributed by atoms with E-state index in [0.29, 0.717) is 0 Å². The van der Waals surface area contributed by atoms with Crippen LogP contribution in [0, 0.1) is 11.8 Å². The average Bonchev–Trinajstić information content (AvgIpc) is 3.07. The van der Waals surface area contributed by atoms with Crippen molar-refractivity contribution in [1.29, 1.82) is 0 Å². The summed E-state index contributed by atoms with van der Waals surface area (Å²) in [6.07, 6.45) is 20.6. The standard InChI is InChI=1S/C40H31NO/c1-3-12-31-25(8-1)16-17-26-18-19-28(23-36(26)31)27-10-7-11-29(22-27)39-35-21-20-33-32-13-4-2-9-30(32)24-42-40(33)38(35)34-14-5-6-15-37(34)41-39/h1,3-8,10-23,33-34,37,40H,2,9,24H2/t33?,34?,37?,40-/m1/s1. The van der Waals surface area contributed by atoms with Crippen LogP contribution in [0.3, 0.4) is 0 Å². The van der Waals surface area contributed by atoms with Gasteiger partial charge < -0.3 is 4.74 Å². The molecule has 2 heteroatoms. The molecule has 5 aliphatic rings. The van der Waals surface area contributed by atoms with Crippen LogP contribution in [0.2, 0.25) is 0 Å². The minimum atomic E-state index is 0.0533. The number of hydrogen-bond donors (Lipinski definition) is 0. The molecule has 2 heterocycles. The van der Waals surface area contributed by atoms with E-state index >= 15 is 0 Å². The smallest absolute Gasteiger partial charge is 0.0908 e. The summed E-state index contributed by atoms with van der Waals surface area (Å²) in [5.41, 5.74) is 10.3. The van der Waals surface area contributed by atoms with E-state index in [9.17, 15) is 0 Å². The first kappa shape index (κ1) is 24.1. The topological polar surface area (TPSA) is 21.6 Å². The van der Waals surface area contributed by atoms with Crippen LogP contribution in [0.25, 0.3) is 32.7 Å². The Labute approximate surface area is 246 Å². The Morgan fingerprint density at radius 3 is 2.50 bits per heavy atom. The van der Waals surface area contributed by atoms with Crippen molar-refractivity contribution in [1.82, 2.24) is 0 Å². The van der Waals surface area contributed by atoms with Gasteiger partial charge in [0, 0.05) is 23.0 Å². The largest absolute Gasteiger partial charge is 0.368 e. The highest BCUT2D eigenvalue weighted by Gasteiger charge is 2.43. The van der Waals surface area contributed by atoms with Crippen LogP contribution in [0.5, 0.6) is 0 Å². The monoisotopic (exact) mass is 541 g/mol. The van der Waals surface area contributed by atoms with Gasteiger partial charge in [-0.05, 0) is 74.4 Å². The zero-order chi connectivity index (χ0) is 27.6. The van der Waals surface area contributed by atoms with Crippen LogP contribution in [0.4, 0.5) is 0 Å². The zero-order valence-electron chi connectivity index (χ0n) is 23.4. The lowest BCUT2D eigenvalue weighted by Crippen LogP contribution is -2.42. The van der Waals surface area contributed by atoms with Crippen molar-refractivity contribution in [3.63, 3.8) is 0 Å². The Bertz CT molecular complexity index is 2010. The first-order valence-corrected chi connectivity index (χ1v) is 15.2. The molecule has 4 aromatic rings. The molecule has 0 aromatic heterocycles. The molecule has 0 fully saturated rings. The number of aliphatic imine (C=N–C) groups is 1. The SMILES string of the molecule is C1=CC2N=C(c3cccc(-c4ccc5ccc6ccccc6c5c4)c3)C3=C(C2C=C1)[C@@H]1OCC2=C(C=CCC2)C1C=C3. The Morgan fingerprint density at radius 1 is 0.690 bits per heavy atom. The van der Waals surface area contributed by atoms with E-state index in [0.717, 1.165) is 30.7 Å². The molecule has 4 atom stereocenters. The number of benzene rings is 4. The fraction of sp³-hybridized carbons (Fsp3) is 0.175. The fourth-order valence-corrected chi connectivity index (χ4v) is 7.69. The quantitative estimate of drug-likeness (QED) is 0.232. The van der Waals surface area contributed by atoms with Crippen LogP contribution >= 0.6 is 0 Å². The van der Waals surface area contributed by atoms with Crippen molar-refractivity contribution in [2.45, 2.75) is 25.0 Å². The van der Waals surface area contributed by atoms with E-state index in [-0.39, 0.29) is 24.0 Å². The maximum Gasteiger partial charge on any atom is 0.0908 e. The maximum absolute atomic E-state index is 6.71.